The van der Waals surface area contributed by atoms with Crippen LogP contribution >= 0.6 is 22.9 Å². The third-order valence-corrected chi connectivity index (χ3v) is 4.37. The lowest BCUT2D eigenvalue weighted by molar-refractivity contribution is 0.904. The van der Waals surface area contributed by atoms with Crippen molar-refractivity contribution in [2.45, 2.75) is 32.1 Å². The Labute approximate surface area is 121 Å². The minimum absolute atomic E-state index is 0.512. The number of nitrogens with zero attached hydrogens (tertiary/aromatic N) is 3. The Balaban J connectivity index is 1.69. The Morgan fingerprint density at radius 3 is 2.95 bits per heavy atom. The summed E-state index contributed by atoms with van der Waals surface area (Å²) in [4.78, 5) is 13.2. The van der Waals surface area contributed by atoms with Crippen molar-refractivity contribution in [2.24, 2.45) is 0 Å². The zero-order chi connectivity index (χ0) is 13.2. The summed E-state index contributed by atoms with van der Waals surface area (Å²) < 4.78 is 0. The van der Waals surface area contributed by atoms with Gasteiger partial charge in [0.2, 0.25) is 0 Å². The van der Waals surface area contributed by atoms with Crippen LogP contribution in [-0.4, -0.2) is 21.5 Å². The van der Waals surface area contributed by atoms with E-state index in [1.54, 1.807) is 11.3 Å². The quantitative estimate of drug-likeness (QED) is 0.859. The van der Waals surface area contributed by atoms with Crippen LogP contribution in [0, 0.1) is 6.92 Å². The number of hydrogen-bond acceptors (Lipinski definition) is 5. The van der Waals surface area contributed by atoms with Gasteiger partial charge in [0.25, 0.3) is 0 Å². The summed E-state index contributed by atoms with van der Waals surface area (Å²) in [7, 11) is 0. The van der Waals surface area contributed by atoms with E-state index in [2.05, 4.69) is 20.3 Å². The van der Waals surface area contributed by atoms with Crippen LogP contribution in [0.2, 0.25) is 5.15 Å². The van der Waals surface area contributed by atoms with E-state index in [1.165, 1.54) is 12.8 Å². The second-order valence-corrected chi connectivity index (χ2v) is 6.06. The van der Waals surface area contributed by atoms with E-state index in [1.807, 2.05) is 18.5 Å². The van der Waals surface area contributed by atoms with Crippen molar-refractivity contribution in [3.8, 4) is 0 Å². The van der Waals surface area contributed by atoms with Gasteiger partial charge in [0, 0.05) is 36.0 Å². The van der Waals surface area contributed by atoms with Crippen LogP contribution in [0.3, 0.4) is 0 Å². The van der Waals surface area contributed by atoms with Crippen LogP contribution in [0.15, 0.2) is 11.6 Å². The summed E-state index contributed by atoms with van der Waals surface area (Å²) in [5.74, 6) is 2.25. The topological polar surface area (TPSA) is 50.7 Å². The average Bonchev–Trinajstić information content (AvgIpc) is 3.12. The number of hydrogen-bond donors (Lipinski definition) is 1. The van der Waals surface area contributed by atoms with Crippen molar-refractivity contribution in [1.29, 1.82) is 0 Å². The van der Waals surface area contributed by atoms with Gasteiger partial charge >= 0.3 is 0 Å². The molecule has 0 bridgehead atoms. The monoisotopic (exact) mass is 294 g/mol. The van der Waals surface area contributed by atoms with Crippen molar-refractivity contribution in [3.63, 3.8) is 0 Å². The molecular weight excluding hydrogens is 280 g/mol. The van der Waals surface area contributed by atoms with E-state index in [0.29, 0.717) is 11.1 Å². The highest BCUT2D eigenvalue weighted by molar-refractivity contribution is 7.09. The predicted octanol–water partition coefficient (Wildman–Crippen LogP) is 3.43. The van der Waals surface area contributed by atoms with Crippen LogP contribution in [-0.2, 0) is 6.42 Å². The maximum absolute atomic E-state index is 6.17. The number of nitrogens with one attached hydrogen (secondary N) is 1. The van der Waals surface area contributed by atoms with E-state index >= 15 is 0 Å². The van der Waals surface area contributed by atoms with Gasteiger partial charge in [0.05, 0.1) is 5.01 Å². The third-order valence-electron chi connectivity index (χ3n) is 3.16. The highest BCUT2D eigenvalue weighted by Crippen LogP contribution is 2.39. The molecule has 2 heterocycles. The molecule has 1 aliphatic rings. The second kappa shape index (κ2) is 5.43. The Morgan fingerprint density at radius 1 is 1.42 bits per heavy atom. The van der Waals surface area contributed by atoms with Gasteiger partial charge in [-0.25, -0.2) is 15.0 Å². The Morgan fingerprint density at radius 2 is 2.26 bits per heavy atom. The smallest absolute Gasteiger partial charge is 0.137 e. The van der Waals surface area contributed by atoms with Crippen molar-refractivity contribution in [3.05, 3.63) is 33.1 Å². The molecule has 0 atom stereocenters. The number of anilines is 1. The van der Waals surface area contributed by atoms with Crippen molar-refractivity contribution >= 4 is 28.8 Å². The molecule has 19 heavy (non-hydrogen) atoms. The molecule has 0 radical (unpaired) electrons. The molecule has 0 amide bonds. The fraction of sp³-hybridized carbons (Fsp3) is 0.462. The molecule has 100 valence electrons. The molecule has 6 heteroatoms. The van der Waals surface area contributed by atoms with Crippen LogP contribution < -0.4 is 5.32 Å². The Bertz CT molecular complexity index is 566. The van der Waals surface area contributed by atoms with Gasteiger partial charge in [0.15, 0.2) is 0 Å². The lowest BCUT2D eigenvalue weighted by Crippen LogP contribution is -2.10. The summed E-state index contributed by atoms with van der Waals surface area (Å²) in [6.07, 6.45) is 5.09. The fourth-order valence-electron chi connectivity index (χ4n) is 1.87. The van der Waals surface area contributed by atoms with E-state index in [0.717, 1.165) is 35.2 Å². The first-order valence-electron chi connectivity index (χ1n) is 6.40. The normalized spacial score (nSPS) is 14.6. The summed E-state index contributed by atoms with van der Waals surface area (Å²) in [6.45, 7) is 2.76. The lowest BCUT2D eigenvalue weighted by atomic mass is 10.3. The summed E-state index contributed by atoms with van der Waals surface area (Å²) >= 11 is 7.84. The van der Waals surface area contributed by atoms with Gasteiger partial charge in [-0.05, 0) is 19.8 Å². The van der Waals surface area contributed by atoms with E-state index in [4.69, 9.17) is 11.6 Å². The number of aromatic nitrogens is 3. The number of rotatable bonds is 5. The zero-order valence-electron chi connectivity index (χ0n) is 10.7. The molecule has 0 aliphatic heterocycles. The Kier molecular flexibility index (Phi) is 3.66. The van der Waals surface area contributed by atoms with E-state index < -0.39 is 0 Å². The summed E-state index contributed by atoms with van der Waals surface area (Å²) in [5.41, 5.74) is 0.921. The SMILES string of the molecule is Cc1c(Cl)nc(C2CC2)nc1NCCc1nccs1. The van der Waals surface area contributed by atoms with Crippen LogP contribution in [0.5, 0.6) is 0 Å². The molecule has 1 fully saturated rings. The molecule has 0 spiro atoms. The highest BCUT2D eigenvalue weighted by Gasteiger charge is 2.27. The van der Waals surface area contributed by atoms with Crippen LogP contribution in [0.25, 0.3) is 0 Å². The molecule has 0 aromatic carbocycles. The standard InChI is InChI=1S/C13H15ClN4S/c1-8-11(14)17-13(9-2-3-9)18-12(8)16-5-4-10-15-6-7-19-10/h6-7,9H,2-5H2,1H3,(H,16,17,18). The Hall–Kier alpha value is -1.20. The zero-order valence-corrected chi connectivity index (χ0v) is 12.3. The predicted molar refractivity (Wildman–Crippen MR) is 78.1 cm³/mol. The molecule has 2 aromatic heterocycles. The fourth-order valence-corrected chi connectivity index (χ4v) is 2.66. The first kappa shape index (κ1) is 12.8. The third kappa shape index (κ3) is 3.04. The molecule has 0 saturated heterocycles. The van der Waals surface area contributed by atoms with Gasteiger partial charge in [-0.3, -0.25) is 0 Å². The molecule has 0 unspecified atom stereocenters. The van der Waals surface area contributed by atoms with Crippen LogP contribution in [0.4, 0.5) is 5.82 Å². The molecule has 2 aromatic rings. The minimum atomic E-state index is 0.512. The summed E-state index contributed by atoms with van der Waals surface area (Å²) in [5, 5.41) is 7.04. The van der Waals surface area contributed by atoms with Crippen molar-refractivity contribution in [2.75, 3.05) is 11.9 Å². The van der Waals surface area contributed by atoms with Gasteiger partial charge < -0.3 is 5.32 Å². The molecule has 1 aliphatic carbocycles. The number of halogens is 1. The summed E-state index contributed by atoms with van der Waals surface area (Å²) in [6, 6.07) is 0. The largest absolute Gasteiger partial charge is 0.369 e. The molecule has 4 nitrogen and oxygen atoms in total. The maximum Gasteiger partial charge on any atom is 0.137 e. The van der Waals surface area contributed by atoms with Crippen LogP contribution in [0.1, 0.15) is 35.2 Å². The van der Waals surface area contributed by atoms with E-state index in [-0.39, 0.29) is 0 Å². The first-order valence-corrected chi connectivity index (χ1v) is 7.66. The van der Waals surface area contributed by atoms with Gasteiger partial charge in [-0.2, -0.15) is 0 Å². The lowest BCUT2D eigenvalue weighted by Gasteiger charge is -2.10. The van der Waals surface area contributed by atoms with Gasteiger partial charge in [-0.1, -0.05) is 11.6 Å². The number of thiazole rings is 1. The average molecular weight is 295 g/mol. The van der Waals surface area contributed by atoms with Gasteiger partial charge in [0.1, 0.15) is 16.8 Å². The molecule has 3 rings (SSSR count). The van der Waals surface area contributed by atoms with E-state index in [9.17, 15) is 0 Å². The highest BCUT2D eigenvalue weighted by atomic mass is 35.5. The molecule has 1 N–H and O–H groups in total. The minimum Gasteiger partial charge on any atom is -0.369 e. The first-order chi connectivity index (χ1) is 9.24. The maximum atomic E-state index is 6.17. The molecule has 1 saturated carbocycles. The molecular formula is C13H15ClN4S. The van der Waals surface area contributed by atoms with Crippen molar-refractivity contribution in [1.82, 2.24) is 15.0 Å². The van der Waals surface area contributed by atoms with Crippen molar-refractivity contribution < 1.29 is 0 Å². The second-order valence-electron chi connectivity index (χ2n) is 4.72. The van der Waals surface area contributed by atoms with Gasteiger partial charge in [-0.15, -0.1) is 11.3 Å².